The van der Waals surface area contributed by atoms with Gasteiger partial charge in [-0.1, -0.05) is 29.3 Å². The van der Waals surface area contributed by atoms with E-state index in [1.54, 1.807) is 29.5 Å². The third kappa shape index (κ3) is 3.49. The maximum Gasteiger partial charge on any atom is 0.0630 e. The molecule has 1 N–H and O–H groups in total. The molecule has 96 valence electrons. The molecular weight excluding hydrogens is 355 g/mol. The van der Waals surface area contributed by atoms with E-state index in [-0.39, 0.29) is 0 Å². The van der Waals surface area contributed by atoms with Gasteiger partial charge in [0.05, 0.1) is 6.10 Å². The molecule has 0 aliphatic heterocycles. The summed E-state index contributed by atoms with van der Waals surface area (Å²) in [4.78, 5) is 1.13. The summed E-state index contributed by atoms with van der Waals surface area (Å²) >= 11 is 17.2. The fourth-order valence-electron chi connectivity index (χ4n) is 1.72. The molecule has 5 heteroatoms. The highest BCUT2D eigenvalue weighted by Gasteiger charge is 2.14. The molecular formula is C13H11BrCl2OS. The van der Waals surface area contributed by atoms with Crippen molar-refractivity contribution in [1.29, 1.82) is 0 Å². The Morgan fingerprint density at radius 2 is 1.83 bits per heavy atom. The minimum atomic E-state index is -0.489. The van der Waals surface area contributed by atoms with Gasteiger partial charge in [-0.2, -0.15) is 0 Å². The van der Waals surface area contributed by atoms with Crippen LogP contribution in [-0.2, 0) is 12.8 Å². The van der Waals surface area contributed by atoms with Gasteiger partial charge in [0.25, 0.3) is 0 Å². The molecule has 0 radical (unpaired) electrons. The Balaban J connectivity index is 2.08. The molecule has 0 aliphatic rings. The van der Waals surface area contributed by atoms with Gasteiger partial charge in [-0.05, 0) is 45.1 Å². The SMILES string of the molecule is OC(Cc1sccc1Br)Cc1c(Cl)cccc1Cl. The normalized spacial score (nSPS) is 12.7. The van der Waals surface area contributed by atoms with E-state index < -0.39 is 6.10 Å². The van der Waals surface area contributed by atoms with Crippen LogP contribution >= 0.6 is 50.5 Å². The fraction of sp³-hybridized carbons (Fsp3) is 0.231. The Morgan fingerprint density at radius 1 is 1.17 bits per heavy atom. The van der Waals surface area contributed by atoms with Crippen molar-refractivity contribution in [3.05, 3.63) is 54.6 Å². The Kier molecular flexibility index (Phi) is 5.10. The minimum Gasteiger partial charge on any atom is -0.392 e. The van der Waals surface area contributed by atoms with Crippen LogP contribution in [0.2, 0.25) is 10.0 Å². The van der Waals surface area contributed by atoms with Crippen molar-refractivity contribution in [2.45, 2.75) is 18.9 Å². The van der Waals surface area contributed by atoms with Gasteiger partial charge < -0.3 is 5.11 Å². The average Bonchev–Trinajstić information content (AvgIpc) is 2.70. The highest BCUT2D eigenvalue weighted by atomic mass is 79.9. The first-order valence-electron chi connectivity index (χ1n) is 5.40. The predicted molar refractivity (Wildman–Crippen MR) is 81.9 cm³/mol. The first-order valence-corrected chi connectivity index (χ1v) is 7.83. The van der Waals surface area contributed by atoms with Crippen molar-refractivity contribution in [3.63, 3.8) is 0 Å². The Bertz CT molecular complexity index is 521. The summed E-state index contributed by atoms with van der Waals surface area (Å²) in [6, 6.07) is 7.36. The standard InChI is InChI=1S/C13H11BrCl2OS/c14-10-4-5-18-13(10)7-8(17)6-9-11(15)2-1-3-12(9)16/h1-5,8,17H,6-7H2. The zero-order valence-electron chi connectivity index (χ0n) is 9.37. The molecule has 0 aliphatic carbocycles. The zero-order valence-corrected chi connectivity index (χ0v) is 13.3. The van der Waals surface area contributed by atoms with E-state index in [0.29, 0.717) is 22.9 Å². The van der Waals surface area contributed by atoms with Crippen LogP contribution in [0.25, 0.3) is 0 Å². The van der Waals surface area contributed by atoms with Crippen LogP contribution in [0.4, 0.5) is 0 Å². The fourth-order valence-corrected chi connectivity index (χ4v) is 3.86. The van der Waals surface area contributed by atoms with Gasteiger partial charge in [0.15, 0.2) is 0 Å². The van der Waals surface area contributed by atoms with Crippen LogP contribution in [0, 0.1) is 0 Å². The summed E-state index contributed by atoms with van der Waals surface area (Å²) in [6.07, 6.45) is 0.570. The van der Waals surface area contributed by atoms with Crippen molar-refractivity contribution in [2.24, 2.45) is 0 Å². The van der Waals surface area contributed by atoms with Gasteiger partial charge in [0, 0.05) is 32.2 Å². The summed E-state index contributed by atoms with van der Waals surface area (Å²) in [6.45, 7) is 0. The van der Waals surface area contributed by atoms with Crippen molar-refractivity contribution in [2.75, 3.05) is 0 Å². The topological polar surface area (TPSA) is 20.2 Å². The van der Waals surface area contributed by atoms with Crippen molar-refractivity contribution in [1.82, 2.24) is 0 Å². The van der Waals surface area contributed by atoms with Gasteiger partial charge >= 0.3 is 0 Å². The van der Waals surface area contributed by atoms with Crippen LogP contribution < -0.4 is 0 Å². The summed E-state index contributed by atoms with van der Waals surface area (Å²) in [5.41, 5.74) is 0.806. The number of halogens is 3. The van der Waals surface area contributed by atoms with Crippen molar-refractivity contribution < 1.29 is 5.11 Å². The van der Waals surface area contributed by atoms with Gasteiger partial charge in [0.1, 0.15) is 0 Å². The van der Waals surface area contributed by atoms with Crippen molar-refractivity contribution >= 4 is 50.5 Å². The summed E-state index contributed by atoms with van der Waals surface area (Å²) in [5, 5.41) is 13.3. The van der Waals surface area contributed by atoms with Crippen LogP contribution in [0.15, 0.2) is 34.1 Å². The molecule has 0 bridgehead atoms. The van der Waals surface area contributed by atoms with E-state index in [1.165, 1.54) is 0 Å². The van der Waals surface area contributed by atoms with E-state index in [0.717, 1.165) is 14.9 Å². The lowest BCUT2D eigenvalue weighted by molar-refractivity contribution is 0.176. The van der Waals surface area contributed by atoms with Gasteiger partial charge in [-0.25, -0.2) is 0 Å². The number of hydrogen-bond donors (Lipinski definition) is 1. The molecule has 18 heavy (non-hydrogen) atoms. The van der Waals surface area contributed by atoms with Gasteiger partial charge in [-0.3, -0.25) is 0 Å². The number of hydrogen-bond acceptors (Lipinski definition) is 2. The van der Waals surface area contributed by atoms with E-state index in [1.807, 2.05) is 11.4 Å². The second-order valence-electron chi connectivity index (χ2n) is 3.95. The van der Waals surface area contributed by atoms with Crippen LogP contribution in [0.3, 0.4) is 0 Å². The lowest BCUT2D eigenvalue weighted by atomic mass is 10.0. The molecule has 0 spiro atoms. The molecule has 0 amide bonds. The molecule has 1 heterocycles. The molecule has 0 fully saturated rings. The number of rotatable bonds is 4. The third-order valence-electron chi connectivity index (χ3n) is 2.61. The second kappa shape index (κ2) is 6.40. The lowest BCUT2D eigenvalue weighted by Gasteiger charge is -2.12. The smallest absolute Gasteiger partial charge is 0.0630 e. The number of aliphatic hydroxyl groups is 1. The molecule has 0 saturated carbocycles. The highest BCUT2D eigenvalue weighted by molar-refractivity contribution is 9.10. The van der Waals surface area contributed by atoms with Gasteiger partial charge in [0.2, 0.25) is 0 Å². The largest absolute Gasteiger partial charge is 0.392 e. The molecule has 2 aromatic rings. The number of thiophene rings is 1. The second-order valence-corrected chi connectivity index (χ2v) is 6.62. The first-order chi connectivity index (χ1) is 8.58. The molecule has 1 aromatic carbocycles. The zero-order chi connectivity index (χ0) is 13.1. The van der Waals surface area contributed by atoms with Crippen LogP contribution in [0.1, 0.15) is 10.4 Å². The monoisotopic (exact) mass is 364 g/mol. The van der Waals surface area contributed by atoms with E-state index in [2.05, 4.69) is 15.9 Å². The summed E-state index contributed by atoms with van der Waals surface area (Å²) in [5.74, 6) is 0. The predicted octanol–water partition coefficient (Wildman–Crippen LogP) is 4.96. The third-order valence-corrected chi connectivity index (χ3v) is 5.27. The Labute approximate surface area is 128 Å². The molecule has 1 atom stereocenters. The highest BCUT2D eigenvalue weighted by Crippen LogP contribution is 2.28. The van der Waals surface area contributed by atoms with Crippen LogP contribution in [0.5, 0.6) is 0 Å². The van der Waals surface area contributed by atoms with E-state index in [4.69, 9.17) is 23.2 Å². The van der Waals surface area contributed by atoms with Crippen LogP contribution in [-0.4, -0.2) is 11.2 Å². The number of aliphatic hydroxyl groups excluding tert-OH is 1. The Hall–Kier alpha value is -0.0600. The maximum absolute atomic E-state index is 10.1. The maximum atomic E-state index is 10.1. The van der Waals surface area contributed by atoms with E-state index >= 15 is 0 Å². The summed E-state index contributed by atoms with van der Waals surface area (Å²) in [7, 11) is 0. The Morgan fingerprint density at radius 3 is 2.39 bits per heavy atom. The minimum absolute atomic E-state index is 0.461. The van der Waals surface area contributed by atoms with E-state index in [9.17, 15) is 5.11 Å². The molecule has 2 rings (SSSR count). The van der Waals surface area contributed by atoms with Crippen molar-refractivity contribution in [3.8, 4) is 0 Å². The quantitative estimate of drug-likeness (QED) is 0.811. The number of benzene rings is 1. The molecule has 1 nitrogen and oxygen atoms in total. The van der Waals surface area contributed by atoms with Gasteiger partial charge in [-0.15, -0.1) is 11.3 Å². The lowest BCUT2D eigenvalue weighted by Crippen LogP contribution is -2.14. The summed E-state index contributed by atoms with van der Waals surface area (Å²) < 4.78 is 1.04. The first kappa shape index (κ1) is 14.4. The molecule has 1 aromatic heterocycles. The average molecular weight is 366 g/mol. The molecule has 1 unspecified atom stereocenters. The molecule has 0 saturated heterocycles.